The van der Waals surface area contributed by atoms with Crippen LogP contribution in [0.3, 0.4) is 0 Å². The number of aryl methyl sites for hydroxylation is 2. The van der Waals surface area contributed by atoms with Crippen molar-refractivity contribution in [2.75, 3.05) is 5.32 Å². The van der Waals surface area contributed by atoms with Crippen molar-refractivity contribution < 1.29 is 0 Å². The first-order valence-electron chi connectivity index (χ1n) is 3.60. The number of nitrogens with zero attached hydrogens (tertiary/aromatic N) is 1. The van der Waals surface area contributed by atoms with Gasteiger partial charge in [0.05, 0.1) is 0 Å². The van der Waals surface area contributed by atoms with E-state index in [9.17, 15) is 0 Å². The van der Waals surface area contributed by atoms with Crippen molar-refractivity contribution >= 4 is 23.1 Å². The zero-order chi connectivity index (χ0) is 9.14. The second kappa shape index (κ2) is 3.49. The first-order chi connectivity index (χ1) is 5.59. The van der Waals surface area contributed by atoms with Crippen LogP contribution in [0, 0.1) is 13.8 Å². The molecule has 0 saturated heterocycles. The van der Waals surface area contributed by atoms with Crippen LogP contribution in [0.1, 0.15) is 11.3 Å². The van der Waals surface area contributed by atoms with Gasteiger partial charge in [-0.2, -0.15) is 0 Å². The van der Waals surface area contributed by atoms with Crippen LogP contribution in [0.2, 0.25) is 0 Å². The third kappa shape index (κ3) is 2.17. The predicted molar refractivity (Wildman–Crippen MR) is 54.1 cm³/mol. The smallest absolute Gasteiger partial charge is 0.169 e. The van der Waals surface area contributed by atoms with Crippen molar-refractivity contribution in [3.8, 4) is 0 Å². The summed E-state index contributed by atoms with van der Waals surface area (Å²) in [6, 6.07) is 3.82. The van der Waals surface area contributed by atoms with Gasteiger partial charge in [-0.1, -0.05) is 6.07 Å². The largest absolute Gasteiger partial charge is 0.376 e. The SMILES string of the molecule is Cc1ccc(NC(N)=S)nc1C. The number of nitrogens with two attached hydrogens (primary N) is 1. The average molecular weight is 181 g/mol. The van der Waals surface area contributed by atoms with Gasteiger partial charge < -0.3 is 11.1 Å². The summed E-state index contributed by atoms with van der Waals surface area (Å²) in [6.07, 6.45) is 0. The van der Waals surface area contributed by atoms with Crippen molar-refractivity contribution in [3.63, 3.8) is 0 Å². The second-order valence-corrected chi connectivity index (χ2v) is 3.03. The van der Waals surface area contributed by atoms with E-state index in [1.165, 1.54) is 0 Å². The molecule has 1 heterocycles. The molecule has 1 aromatic heterocycles. The molecule has 0 spiro atoms. The summed E-state index contributed by atoms with van der Waals surface area (Å²) >= 11 is 4.68. The van der Waals surface area contributed by atoms with Gasteiger partial charge in [-0.25, -0.2) is 4.98 Å². The fourth-order valence-corrected chi connectivity index (χ4v) is 0.931. The van der Waals surface area contributed by atoms with Crippen LogP contribution >= 0.6 is 12.2 Å². The molecule has 4 heteroatoms. The maximum absolute atomic E-state index is 5.29. The van der Waals surface area contributed by atoms with E-state index in [-0.39, 0.29) is 5.11 Å². The van der Waals surface area contributed by atoms with E-state index in [1.807, 2.05) is 26.0 Å². The Hall–Kier alpha value is -1.16. The molecule has 0 saturated carbocycles. The Morgan fingerprint density at radius 1 is 1.50 bits per heavy atom. The van der Waals surface area contributed by atoms with Crippen LogP contribution in [0.5, 0.6) is 0 Å². The molecule has 0 radical (unpaired) electrons. The molecule has 1 rings (SSSR count). The molecule has 0 amide bonds. The molecule has 3 nitrogen and oxygen atoms in total. The lowest BCUT2D eigenvalue weighted by atomic mass is 10.2. The number of nitrogens with one attached hydrogen (secondary N) is 1. The van der Waals surface area contributed by atoms with Gasteiger partial charge in [0, 0.05) is 5.69 Å². The van der Waals surface area contributed by atoms with Gasteiger partial charge in [0.15, 0.2) is 5.11 Å². The van der Waals surface area contributed by atoms with Crippen LogP contribution < -0.4 is 11.1 Å². The highest BCUT2D eigenvalue weighted by Crippen LogP contribution is 2.08. The summed E-state index contributed by atoms with van der Waals surface area (Å²) < 4.78 is 0. The summed E-state index contributed by atoms with van der Waals surface area (Å²) in [7, 11) is 0. The van der Waals surface area contributed by atoms with Gasteiger partial charge in [-0.3, -0.25) is 0 Å². The number of rotatable bonds is 1. The number of thiocarbonyl (C=S) groups is 1. The third-order valence-corrected chi connectivity index (χ3v) is 1.70. The molecule has 0 aromatic carbocycles. The van der Waals surface area contributed by atoms with Gasteiger partial charge in [-0.05, 0) is 37.7 Å². The van der Waals surface area contributed by atoms with E-state index in [4.69, 9.17) is 5.73 Å². The molecule has 0 atom stereocenters. The molecule has 64 valence electrons. The van der Waals surface area contributed by atoms with Crippen molar-refractivity contribution in [1.29, 1.82) is 0 Å². The zero-order valence-electron chi connectivity index (χ0n) is 7.09. The number of hydrogen-bond acceptors (Lipinski definition) is 2. The first-order valence-corrected chi connectivity index (χ1v) is 4.01. The Bertz CT molecular complexity index is 309. The van der Waals surface area contributed by atoms with E-state index in [1.54, 1.807) is 0 Å². The normalized spacial score (nSPS) is 9.50. The van der Waals surface area contributed by atoms with E-state index in [2.05, 4.69) is 22.5 Å². The molecule has 0 bridgehead atoms. The molecule has 0 aliphatic rings. The molecule has 3 N–H and O–H groups in total. The second-order valence-electron chi connectivity index (χ2n) is 2.59. The summed E-state index contributed by atoms with van der Waals surface area (Å²) in [5.41, 5.74) is 7.43. The Labute approximate surface area is 77.0 Å². The lowest BCUT2D eigenvalue weighted by Gasteiger charge is -2.04. The summed E-state index contributed by atoms with van der Waals surface area (Å²) in [5.74, 6) is 0.700. The van der Waals surface area contributed by atoms with Crippen molar-refractivity contribution in [1.82, 2.24) is 4.98 Å². The number of aromatic nitrogens is 1. The summed E-state index contributed by atoms with van der Waals surface area (Å²) in [5, 5.41) is 3.01. The van der Waals surface area contributed by atoms with Gasteiger partial charge in [0.25, 0.3) is 0 Å². The van der Waals surface area contributed by atoms with Gasteiger partial charge in [0.2, 0.25) is 0 Å². The number of anilines is 1. The fraction of sp³-hybridized carbons (Fsp3) is 0.250. The molecule has 0 fully saturated rings. The Balaban J connectivity index is 2.89. The van der Waals surface area contributed by atoms with Crippen LogP contribution in [-0.2, 0) is 0 Å². The summed E-state index contributed by atoms with van der Waals surface area (Å²) in [6.45, 7) is 3.95. The lowest BCUT2D eigenvalue weighted by molar-refractivity contribution is 1.15. The van der Waals surface area contributed by atoms with Crippen molar-refractivity contribution in [2.45, 2.75) is 13.8 Å². The maximum Gasteiger partial charge on any atom is 0.169 e. The minimum absolute atomic E-state index is 0.241. The van der Waals surface area contributed by atoms with E-state index in [0.29, 0.717) is 5.82 Å². The van der Waals surface area contributed by atoms with Gasteiger partial charge in [0.1, 0.15) is 5.82 Å². The molecule has 0 aliphatic carbocycles. The lowest BCUT2D eigenvalue weighted by Crippen LogP contribution is -2.19. The molecule has 0 aliphatic heterocycles. The van der Waals surface area contributed by atoms with E-state index < -0.39 is 0 Å². The van der Waals surface area contributed by atoms with Gasteiger partial charge in [-0.15, -0.1) is 0 Å². The highest BCUT2D eigenvalue weighted by molar-refractivity contribution is 7.80. The Morgan fingerprint density at radius 2 is 2.17 bits per heavy atom. The third-order valence-electron chi connectivity index (χ3n) is 1.60. The minimum Gasteiger partial charge on any atom is -0.376 e. The van der Waals surface area contributed by atoms with Crippen molar-refractivity contribution in [3.05, 3.63) is 23.4 Å². The number of hydrogen-bond donors (Lipinski definition) is 2. The quantitative estimate of drug-likeness (QED) is 0.642. The number of pyridine rings is 1. The molecule has 12 heavy (non-hydrogen) atoms. The predicted octanol–water partition coefficient (Wildman–Crippen LogP) is 1.35. The molecule has 1 aromatic rings. The molecular formula is C8H11N3S. The Morgan fingerprint density at radius 3 is 2.67 bits per heavy atom. The highest BCUT2D eigenvalue weighted by atomic mass is 32.1. The van der Waals surface area contributed by atoms with E-state index >= 15 is 0 Å². The average Bonchev–Trinajstić information content (AvgIpc) is 1.96. The van der Waals surface area contributed by atoms with Gasteiger partial charge >= 0.3 is 0 Å². The van der Waals surface area contributed by atoms with Crippen LogP contribution in [0.4, 0.5) is 5.82 Å². The van der Waals surface area contributed by atoms with E-state index in [0.717, 1.165) is 11.3 Å². The van der Waals surface area contributed by atoms with Crippen LogP contribution in [0.25, 0.3) is 0 Å². The fourth-order valence-electron chi connectivity index (χ4n) is 0.827. The highest BCUT2D eigenvalue weighted by Gasteiger charge is 1.97. The van der Waals surface area contributed by atoms with Crippen LogP contribution in [0.15, 0.2) is 12.1 Å². The molecule has 0 unspecified atom stereocenters. The zero-order valence-corrected chi connectivity index (χ0v) is 7.90. The standard InChI is InChI=1S/C8H11N3S/c1-5-3-4-7(10-6(5)2)11-8(9)12/h3-4H,1-2H3,(H3,9,10,11,12). The monoisotopic (exact) mass is 181 g/mol. The first kappa shape index (κ1) is 8.93. The maximum atomic E-state index is 5.29. The summed E-state index contributed by atoms with van der Waals surface area (Å²) in [4.78, 5) is 4.23. The topological polar surface area (TPSA) is 50.9 Å². The van der Waals surface area contributed by atoms with Crippen LogP contribution in [-0.4, -0.2) is 10.1 Å². The molecular weight excluding hydrogens is 170 g/mol. The van der Waals surface area contributed by atoms with Crippen molar-refractivity contribution in [2.24, 2.45) is 5.73 Å². The Kier molecular flexibility index (Phi) is 2.60. The minimum atomic E-state index is 0.241.